The van der Waals surface area contributed by atoms with Gasteiger partial charge >= 0.3 is 0 Å². The fourth-order valence-electron chi connectivity index (χ4n) is 4.18. The number of fused-ring (bicyclic) bond motifs is 1. The molecule has 0 bridgehead atoms. The monoisotopic (exact) mass is 486 g/mol. The van der Waals surface area contributed by atoms with Crippen LogP contribution in [0.25, 0.3) is 22.4 Å². The highest BCUT2D eigenvalue weighted by Gasteiger charge is 2.16. The van der Waals surface area contributed by atoms with Crippen LogP contribution in [0.4, 0.5) is 22.9 Å². The van der Waals surface area contributed by atoms with E-state index in [-0.39, 0.29) is 5.69 Å². The molecule has 0 amide bonds. The molecule has 1 saturated heterocycles. The second-order valence-corrected chi connectivity index (χ2v) is 9.25. The molecule has 178 valence electrons. The Morgan fingerprint density at radius 1 is 1.03 bits per heavy atom. The quantitative estimate of drug-likeness (QED) is 0.267. The van der Waals surface area contributed by atoms with Crippen molar-refractivity contribution in [2.45, 2.75) is 6.92 Å². The van der Waals surface area contributed by atoms with Crippen LogP contribution in [0.5, 0.6) is 0 Å². The molecule has 3 heterocycles. The second kappa shape index (κ2) is 10.2. The van der Waals surface area contributed by atoms with Gasteiger partial charge in [-0.25, -0.2) is 9.97 Å². The number of aromatic nitrogens is 2. The number of hydrogen-bond donors (Lipinski definition) is 1. The van der Waals surface area contributed by atoms with Crippen molar-refractivity contribution in [3.63, 3.8) is 0 Å². The van der Waals surface area contributed by atoms with Gasteiger partial charge in [-0.2, -0.15) is 0 Å². The Kier molecular flexibility index (Phi) is 6.69. The molecule has 9 heteroatoms. The fourth-order valence-corrected chi connectivity index (χ4v) is 5.12. The van der Waals surface area contributed by atoms with E-state index in [0.29, 0.717) is 0 Å². The number of piperazine rings is 1. The lowest BCUT2D eigenvalue weighted by atomic mass is 10.1. The second-order valence-electron chi connectivity index (χ2n) is 8.37. The van der Waals surface area contributed by atoms with Gasteiger partial charge in [0.25, 0.3) is 5.69 Å². The highest BCUT2D eigenvalue weighted by atomic mass is 32.1. The lowest BCUT2D eigenvalue weighted by Gasteiger charge is -2.35. The Labute approximate surface area is 207 Å². The van der Waals surface area contributed by atoms with Gasteiger partial charge in [0.05, 0.1) is 15.1 Å². The number of nitrogens with one attached hydrogen (secondary N) is 1. The van der Waals surface area contributed by atoms with Gasteiger partial charge in [-0.05, 0) is 48.5 Å². The average Bonchev–Trinajstić information content (AvgIpc) is 3.32. The van der Waals surface area contributed by atoms with E-state index in [9.17, 15) is 10.1 Å². The smallest absolute Gasteiger partial charge is 0.269 e. The zero-order valence-electron chi connectivity index (χ0n) is 19.4. The zero-order valence-corrected chi connectivity index (χ0v) is 20.2. The fraction of sp³-hybridized carbons (Fsp3) is 0.231. The van der Waals surface area contributed by atoms with Crippen LogP contribution in [-0.4, -0.2) is 52.5 Å². The lowest BCUT2D eigenvalue weighted by molar-refractivity contribution is -0.384. The molecule has 2 aromatic carbocycles. The molecule has 0 saturated carbocycles. The summed E-state index contributed by atoms with van der Waals surface area (Å²) in [5.74, 6) is 0.777. The Morgan fingerprint density at radius 2 is 1.77 bits per heavy atom. The van der Waals surface area contributed by atoms with Gasteiger partial charge in [-0.15, -0.1) is 11.3 Å². The molecule has 0 atom stereocenters. The number of nitro benzene ring substituents is 1. The van der Waals surface area contributed by atoms with Crippen molar-refractivity contribution in [1.82, 2.24) is 14.9 Å². The van der Waals surface area contributed by atoms with E-state index in [2.05, 4.69) is 56.3 Å². The number of nitrogens with zero attached hydrogens (tertiary/aromatic N) is 5. The molecule has 1 aliphatic heterocycles. The van der Waals surface area contributed by atoms with Gasteiger partial charge in [0.15, 0.2) is 5.82 Å². The van der Waals surface area contributed by atoms with Crippen molar-refractivity contribution in [1.29, 1.82) is 0 Å². The first-order valence-electron chi connectivity index (χ1n) is 11.6. The summed E-state index contributed by atoms with van der Waals surface area (Å²) < 4.78 is 0.982. The first-order chi connectivity index (χ1) is 17.1. The first-order valence-corrected chi connectivity index (χ1v) is 12.5. The topological polar surface area (TPSA) is 87.4 Å². The van der Waals surface area contributed by atoms with Crippen molar-refractivity contribution in [2.24, 2.45) is 0 Å². The summed E-state index contributed by atoms with van der Waals surface area (Å²) in [6, 6.07) is 15.0. The van der Waals surface area contributed by atoms with Crippen molar-refractivity contribution in [3.8, 4) is 0 Å². The van der Waals surface area contributed by atoms with Gasteiger partial charge in [0.1, 0.15) is 6.33 Å². The molecule has 1 fully saturated rings. The molecule has 2 aromatic heterocycles. The summed E-state index contributed by atoms with van der Waals surface area (Å²) >= 11 is 1.59. The van der Waals surface area contributed by atoms with Crippen LogP contribution in [0.2, 0.25) is 0 Å². The molecular formula is C26H26N6O2S. The van der Waals surface area contributed by atoms with E-state index in [4.69, 9.17) is 0 Å². The molecular weight excluding hydrogens is 460 g/mol. The van der Waals surface area contributed by atoms with Crippen molar-refractivity contribution >= 4 is 56.6 Å². The molecule has 1 aliphatic rings. The minimum atomic E-state index is -0.396. The van der Waals surface area contributed by atoms with E-state index < -0.39 is 4.92 Å². The SMILES string of the molecule is CCN1CCN(c2ccc(Nc3ncnc4c(C=Cc5ccc([N+](=O)[O-])cc5)csc34)cc2)CC1. The van der Waals surface area contributed by atoms with Crippen LogP contribution >= 0.6 is 11.3 Å². The normalized spacial score (nSPS) is 14.6. The molecule has 35 heavy (non-hydrogen) atoms. The van der Waals surface area contributed by atoms with Gasteiger partial charge in [0, 0.05) is 60.6 Å². The maximum absolute atomic E-state index is 10.8. The van der Waals surface area contributed by atoms with Crippen molar-refractivity contribution < 1.29 is 4.92 Å². The summed E-state index contributed by atoms with van der Waals surface area (Å²) in [4.78, 5) is 24.3. The molecule has 5 rings (SSSR count). The summed E-state index contributed by atoms with van der Waals surface area (Å²) in [5, 5.41) is 16.3. The predicted molar refractivity (Wildman–Crippen MR) is 143 cm³/mol. The van der Waals surface area contributed by atoms with E-state index in [1.807, 2.05) is 17.5 Å². The molecule has 8 nitrogen and oxygen atoms in total. The molecule has 0 spiro atoms. The first kappa shape index (κ1) is 22.9. The molecule has 0 unspecified atom stereocenters. The number of thiophene rings is 1. The highest BCUT2D eigenvalue weighted by molar-refractivity contribution is 7.18. The highest BCUT2D eigenvalue weighted by Crippen LogP contribution is 2.32. The summed E-state index contributed by atoms with van der Waals surface area (Å²) in [6.45, 7) is 7.65. The standard InChI is InChI=1S/C26H26N6O2S/c1-2-30-13-15-31(16-14-30)22-11-7-21(8-12-22)29-26-25-24(27-18-28-26)20(17-35-25)6-3-19-4-9-23(10-5-19)32(33)34/h3-12,17-18H,2,13-16H2,1H3,(H,27,28,29). The van der Waals surface area contributed by atoms with Crippen LogP contribution in [0, 0.1) is 10.1 Å². The van der Waals surface area contributed by atoms with Gasteiger partial charge < -0.3 is 15.1 Å². The molecule has 0 aliphatic carbocycles. The number of likely N-dealkylation sites (N-methyl/N-ethyl adjacent to an activating group) is 1. The van der Waals surface area contributed by atoms with E-state index >= 15 is 0 Å². The van der Waals surface area contributed by atoms with Crippen LogP contribution in [0.15, 0.2) is 60.2 Å². The number of anilines is 3. The van der Waals surface area contributed by atoms with Gasteiger partial charge in [-0.1, -0.05) is 19.1 Å². The third-order valence-corrected chi connectivity index (χ3v) is 7.25. The molecule has 0 radical (unpaired) electrons. The number of rotatable bonds is 7. The number of hydrogen-bond acceptors (Lipinski definition) is 8. The van der Waals surface area contributed by atoms with Gasteiger partial charge in [0.2, 0.25) is 0 Å². The Balaban J connectivity index is 1.30. The Bertz CT molecular complexity index is 1340. The van der Waals surface area contributed by atoms with E-state index in [1.54, 1.807) is 29.8 Å². The predicted octanol–water partition coefficient (Wildman–Crippen LogP) is 5.66. The van der Waals surface area contributed by atoms with Crippen molar-refractivity contribution in [3.05, 3.63) is 81.5 Å². The maximum Gasteiger partial charge on any atom is 0.269 e. The van der Waals surface area contributed by atoms with Crippen LogP contribution in [-0.2, 0) is 0 Å². The molecule has 1 N–H and O–H groups in total. The summed E-state index contributed by atoms with van der Waals surface area (Å²) in [7, 11) is 0. The minimum Gasteiger partial charge on any atom is -0.369 e. The summed E-state index contributed by atoms with van der Waals surface area (Å²) in [5.41, 5.74) is 5.05. The van der Waals surface area contributed by atoms with Crippen LogP contribution in [0.1, 0.15) is 18.1 Å². The Morgan fingerprint density at radius 3 is 2.46 bits per heavy atom. The number of nitro groups is 1. The maximum atomic E-state index is 10.8. The summed E-state index contributed by atoms with van der Waals surface area (Å²) in [6.07, 6.45) is 5.48. The lowest BCUT2D eigenvalue weighted by Crippen LogP contribution is -2.46. The molecule has 4 aromatic rings. The van der Waals surface area contributed by atoms with Crippen molar-refractivity contribution in [2.75, 3.05) is 42.9 Å². The number of benzene rings is 2. The third-order valence-electron chi connectivity index (χ3n) is 6.25. The zero-order chi connectivity index (χ0) is 24.2. The minimum absolute atomic E-state index is 0.0821. The Hall–Kier alpha value is -3.82. The van der Waals surface area contributed by atoms with E-state index in [1.165, 1.54) is 17.8 Å². The average molecular weight is 487 g/mol. The van der Waals surface area contributed by atoms with Crippen LogP contribution < -0.4 is 10.2 Å². The third kappa shape index (κ3) is 5.16. The number of non-ortho nitro benzene ring substituents is 1. The van der Waals surface area contributed by atoms with E-state index in [0.717, 1.165) is 65.6 Å². The van der Waals surface area contributed by atoms with Gasteiger partial charge in [-0.3, -0.25) is 10.1 Å². The largest absolute Gasteiger partial charge is 0.369 e. The van der Waals surface area contributed by atoms with Crippen LogP contribution in [0.3, 0.4) is 0 Å².